The number of nitrogens with zero attached hydrogens (tertiary/aromatic N) is 2. The van der Waals surface area contributed by atoms with Crippen molar-refractivity contribution in [2.45, 2.75) is 18.9 Å². The number of halogens is 3. The first-order valence-corrected chi connectivity index (χ1v) is 9.84. The molecule has 2 fully saturated rings. The third-order valence-electron chi connectivity index (χ3n) is 4.88. The molecule has 2 atom stereocenters. The van der Waals surface area contributed by atoms with Crippen LogP contribution >= 0.6 is 0 Å². The van der Waals surface area contributed by atoms with Crippen LogP contribution in [0, 0.1) is 23.4 Å². The third-order valence-corrected chi connectivity index (χ3v) is 6.63. The van der Waals surface area contributed by atoms with Crippen molar-refractivity contribution >= 4 is 27.3 Å². The average Bonchev–Trinajstić information content (AvgIpc) is 3.14. The summed E-state index contributed by atoms with van der Waals surface area (Å²) in [4.78, 5) is 27.0. The molecule has 26 heavy (non-hydrogen) atoms. The Kier molecular flexibility index (Phi) is 4.72. The van der Waals surface area contributed by atoms with E-state index in [1.165, 1.54) is 11.9 Å². The summed E-state index contributed by atoms with van der Waals surface area (Å²) >= 11 is 0. The molecular weight excluding hydrogens is 373 g/mol. The van der Waals surface area contributed by atoms with Gasteiger partial charge in [-0.1, -0.05) is 0 Å². The maximum absolute atomic E-state index is 13.9. The molecule has 0 radical (unpaired) electrons. The standard InChI is InChI=1S/C16H17F3N2O4S/c1-20(10-4-5-26(24,25)8-10)16(23)9-6-13(22)21(7-9)12-3-2-11(17)14(18)15(12)19/h2-3,9-10H,4-8H2,1H3. The molecule has 0 spiro atoms. The Hall–Kier alpha value is -2.10. The minimum Gasteiger partial charge on any atom is -0.341 e. The summed E-state index contributed by atoms with van der Waals surface area (Å²) < 4.78 is 63.5. The Morgan fingerprint density at radius 2 is 1.92 bits per heavy atom. The van der Waals surface area contributed by atoms with Crippen molar-refractivity contribution in [2.75, 3.05) is 30.0 Å². The predicted octanol–water partition coefficient (Wildman–Crippen LogP) is 1.10. The van der Waals surface area contributed by atoms with Gasteiger partial charge in [0.15, 0.2) is 27.3 Å². The van der Waals surface area contributed by atoms with Gasteiger partial charge in [-0.05, 0) is 18.6 Å². The van der Waals surface area contributed by atoms with E-state index in [9.17, 15) is 31.2 Å². The summed E-state index contributed by atoms with van der Waals surface area (Å²) in [6, 6.07) is 1.20. The molecule has 2 heterocycles. The maximum Gasteiger partial charge on any atom is 0.228 e. The lowest BCUT2D eigenvalue weighted by molar-refractivity contribution is -0.136. The van der Waals surface area contributed by atoms with Crippen molar-refractivity contribution in [3.8, 4) is 0 Å². The summed E-state index contributed by atoms with van der Waals surface area (Å²) in [6.07, 6.45) is 0.119. The molecule has 2 aliphatic rings. The Labute approximate surface area is 148 Å². The lowest BCUT2D eigenvalue weighted by Crippen LogP contribution is -2.42. The minimum atomic E-state index is -3.17. The number of carbonyl (C=O) groups excluding carboxylic acids is 2. The molecule has 0 aliphatic carbocycles. The van der Waals surface area contributed by atoms with Crippen LogP contribution in [0.15, 0.2) is 12.1 Å². The van der Waals surface area contributed by atoms with E-state index in [4.69, 9.17) is 0 Å². The quantitative estimate of drug-likeness (QED) is 0.725. The molecule has 2 saturated heterocycles. The van der Waals surface area contributed by atoms with Crippen molar-refractivity contribution in [1.82, 2.24) is 4.90 Å². The second-order valence-electron chi connectivity index (χ2n) is 6.61. The molecule has 2 amide bonds. The van der Waals surface area contributed by atoms with E-state index in [-0.39, 0.29) is 24.5 Å². The molecule has 10 heteroatoms. The number of anilines is 1. The van der Waals surface area contributed by atoms with E-state index in [2.05, 4.69) is 0 Å². The summed E-state index contributed by atoms with van der Waals surface area (Å²) in [5, 5.41) is 0. The van der Waals surface area contributed by atoms with E-state index in [0.29, 0.717) is 12.5 Å². The van der Waals surface area contributed by atoms with Crippen LogP contribution < -0.4 is 4.90 Å². The molecule has 1 aromatic carbocycles. The van der Waals surface area contributed by atoms with Crippen molar-refractivity contribution < 1.29 is 31.2 Å². The van der Waals surface area contributed by atoms with Gasteiger partial charge >= 0.3 is 0 Å². The Morgan fingerprint density at radius 1 is 1.23 bits per heavy atom. The predicted molar refractivity (Wildman–Crippen MR) is 86.6 cm³/mol. The summed E-state index contributed by atoms with van der Waals surface area (Å²) in [5.41, 5.74) is -0.421. The van der Waals surface area contributed by atoms with Crippen LogP contribution in [-0.2, 0) is 19.4 Å². The number of carbonyl (C=O) groups is 2. The maximum atomic E-state index is 13.9. The Morgan fingerprint density at radius 3 is 2.54 bits per heavy atom. The molecule has 0 N–H and O–H groups in total. The van der Waals surface area contributed by atoms with Gasteiger partial charge in [-0.25, -0.2) is 21.6 Å². The molecule has 1 aromatic rings. The average molecular weight is 390 g/mol. The highest BCUT2D eigenvalue weighted by molar-refractivity contribution is 7.91. The molecule has 0 bridgehead atoms. The van der Waals surface area contributed by atoms with Gasteiger partial charge in [-0.3, -0.25) is 9.59 Å². The highest BCUT2D eigenvalue weighted by Crippen LogP contribution is 2.31. The van der Waals surface area contributed by atoms with Crippen molar-refractivity contribution in [1.29, 1.82) is 0 Å². The Balaban J connectivity index is 1.75. The number of hydrogen-bond donors (Lipinski definition) is 0. The molecular formula is C16H17F3N2O4S. The smallest absolute Gasteiger partial charge is 0.228 e. The molecule has 0 aromatic heterocycles. The zero-order chi connectivity index (χ0) is 19.2. The molecule has 2 aliphatic heterocycles. The SMILES string of the molecule is CN(C(=O)C1CC(=O)N(c2ccc(F)c(F)c2F)C1)C1CCS(=O)(=O)C1. The number of benzene rings is 1. The van der Waals surface area contributed by atoms with Crippen LogP contribution in [0.25, 0.3) is 0 Å². The summed E-state index contributed by atoms with van der Waals surface area (Å²) in [7, 11) is -1.70. The fourth-order valence-corrected chi connectivity index (χ4v) is 5.15. The topological polar surface area (TPSA) is 74.8 Å². The van der Waals surface area contributed by atoms with Crippen molar-refractivity contribution in [2.24, 2.45) is 5.92 Å². The van der Waals surface area contributed by atoms with Crippen LogP contribution in [0.3, 0.4) is 0 Å². The van der Waals surface area contributed by atoms with Gasteiger partial charge in [0.25, 0.3) is 0 Å². The minimum absolute atomic E-state index is 0.00504. The first-order chi connectivity index (χ1) is 12.1. The van der Waals surface area contributed by atoms with Gasteiger partial charge in [0.05, 0.1) is 23.1 Å². The lowest BCUT2D eigenvalue weighted by atomic mass is 10.1. The van der Waals surface area contributed by atoms with E-state index in [1.807, 2.05) is 0 Å². The zero-order valence-corrected chi connectivity index (χ0v) is 14.7. The second-order valence-corrected chi connectivity index (χ2v) is 8.83. The zero-order valence-electron chi connectivity index (χ0n) is 13.9. The van der Waals surface area contributed by atoms with Crippen LogP contribution in [-0.4, -0.2) is 56.3 Å². The van der Waals surface area contributed by atoms with Crippen LogP contribution in [0.4, 0.5) is 18.9 Å². The van der Waals surface area contributed by atoms with E-state index < -0.39 is 56.8 Å². The number of hydrogen-bond acceptors (Lipinski definition) is 4. The highest BCUT2D eigenvalue weighted by atomic mass is 32.2. The van der Waals surface area contributed by atoms with E-state index in [0.717, 1.165) is 11.0 Å². The summed E-state index contributed by atoms with van der Waals surface area (Å²) in [5.74, 6) is -6.47. The van der Waals surface area contributed by atoms with Gasteiger partial charge in [0.2, 0.25) is 11.8 Å². The van der Waals surface area contributed by atoms with Gasteiger partial charge in [0, 0.05) is 26.1 Å². The molecule has 2 unspecified atom stereocenters. The van der Waals surface area contributed by atoms with Gasteiger partial charge < -0.3 is 9.80 Å². The van der Waals surface area contributed by atoms with Crippen LogP contribution in [0.1, 0.15) is 12.8 Å². The highest BCUT2D eigenvalue weighted by Gasteiger charge is 2.41. The van der Waals surface area contributed by atoms with E-state index >= 15 is 0 Å². The van der Waals surface area contributed by atoms with Crippen molar-refractivity contribution in [3.05, 3.63) is 29.6 Å². The second kappa shape index (κ2) is 6.57. The van der Waals surface area contributed by atoms with E-state index in [1.54, 1.807) is 0 Å². The van der Waals surface area contributed by atoms with Crippen molar-refractivity contribution in [3.63, 3.8) is 0 Å². The molecule has 0 saturated carbocycles. The first kappa shape index (κ1) is 18.7. The molecule has 142 valence electrons. The number of rotatable bonds is 3. The summed E-state index contributed by atoms with van der Waals surface area (Å²) in [6.45, 7) is -0.177. The van der Waals surface area contributed by atoms with Gasteiger partial charge in [-0.15, -0.1) is 0 Å². The van der Waals surface area contributed by atoms with Crippen LogP contribution in [0.2, 0.25) is 0 Å². The monoisotopic (exact) mass is 390 g/mol. The normalized spacial score (nSPS) is 24.9. The number of amides is 2. The fraction of sp³-hybridized carbons (Fsp3) is 0.500. The van der Waals surface area contributed by atoms with Gasteiger partial charge in [0.1, 0.15) is 0 Å². The van der Waals surface area contributed by atoms with Crippen LogP contribution in [0.5, 0.6) is 0 Å². The largest absolute Gasteiger partial charge is 0.341 e. The molecule has 6 nitrogen and oxygen atoms in total. The fourth-order valence-electron chi connectivity index (χ4n) is 3.38. The first-order valence-electron chi connectivity index (χ1n) is 8.01. The molecule has 3 rings (SSSR count). The Bertz CT molecular complexity index is 874. The van der Waals surface area contributed by atoms with Gasteiger partial charge in [-0.2, -0.15) is 0 Å². The number of sulfone groups is 1. The lowest BCUT2D eigenvalue weighted by Gasteiger charge is -2.26. The third kappa shape index (κ3) is 3.29.